The molecule has 6 heteroatoms. The van der Waals surface area contributed by atoms with E-state index in [0.29, 0.717) is 0 Å². The van der Waals surface area contributed by atoms with Crippen LogP contribution in [0, 0.1) is 6.92 Å². The van der Waals surface area contributed by atoms with Crippen LogP contribution in [0.25, 0.3) is 0 Å². The summed E-state index contributed by atoms with van der Waals surface area (Å²) in [4.78, 5) is 0.205. The summed E-state index contributed by atoms with van der Waals surface area (Å²) in [5, 5.41) is 2.93. The van der Waals surface area contributed by atoms with Crippen LogP contribution in [0.15, 0.2) is 29.2 Å². The number of hydrogen-bond donors (Lipinski definition) is 2. The van der Waals surface area contributed by atoms with Crippen molar-refractivity contribution >= 4 is 27.4 Å². The van der Waals surface area contributed by atoms with E-state index in [1.165, 1.54) is 0 Å². The predicted molar refractivity (Wildman–Crippen MR) is 72.4 cm³/mol. The van der Waals surface area contributed by atoms with Gasteiger partial charge in [-0.05, 0) is 45.1 Å². The van der Waals surface area contributed by atoms with E-state index in [0.717, 1.165) is 5.56 Å². The Labute approximate surface area is 107 Å². The fraction of sp³-hybridized carbons (Fsp3) is 0.364. The van der Waals surface area contributed by atoms with Gasteiger partial charge in [0.25, 0.3) is 10.0 Å². The first kappa shape index (κ1) is 13.9. The van der Waals surface area contributed by atoms with Gasteiger partial charge in [-0.2, -0.15) is 0 Å². The van der Waals surface area contributed by atoms with Crippen LogP contribution in [0.4, 0.5) is 0 Å². The number of thiocarbonyl (C=S) groups is 1. The normalized spacial score (nSPS) is 11.3. The van der Waals surface area contributed by atoms with Crippen LogP contribution >= 0.6 is 12.2 Å². The molecule has 0 amide bonds. The number of hydrogen-bond acceptors (Lipinski definition) is 3. The maximum Gasteiger partial charge on any atom is 0.263 e. The van der Waals surface area contributed by atoms with Gasteiger partial charge in [-0.15, -0.1) is 0 Å². The first-order valence-corrected chi connectivity index (χ1v) is 7.10. The number of sulfonamides is 1. The largest absolute Gasteiger partial charge is 0.360 e. The molecule has 0 heterocycles. The molecular weight excluding hydrogens is 256 g/mol. The third kappa shape index (κ3) is 4.32. The monoisotopic (exact) mass is 272 g/mol. The van der Waals surface area contributed by atoms with Gasteiger partial charge in [0.05, 0.1) is 4.90 Å². The number of benzene rings is 1. The van der Waals surface area contributed by atoms with E-state index in [2.05, 4.69) is 10.0 Å². The van der Waals surface area contributed by atoms with E-state index in [1.54, 1.807) is 24.3 Å². The molecule has 1 aromatic rings. The lowest BCUT2D eigenvalue weighted by Crippen LogP contribution is -2.42. The van der Waals surface area contributed by atoms with E-state index in [1.807, 2.05) is 20.8 Å². The Morgan fingerprint density at radius 1 is 1.24 bits per heavy atom. The zero-order valence-electron chi connectivity index (χ0n) is 10.0. The first-order valence-electron chi connectivity index (χ1n) is 5.21. The summed E-state index contributed by atoms with van der Waals surface area (Å²) >= 11 is 4.90. The second-order valence-electron chi connectivity index (χ2n) is 4.05. The van der Waals surface area contributed by atoms with Gasteiger partial charge < -0.3 is 5.32 Å². The minimum absolute atomic E-state index is 0.0863. The van der Waals surface area contributed by atoms with Crippen LogP contribution in [0.1, 0.15) is 19.4 Å². The summed E-state index contributed by atoms with van der Waals surface area (Å²) < 4.78 is 26.1. The molecule has 0 unspecified atom stereocenters. The minimum atomic E-state index is -3.58. The van der Waals surface area contributed by atoms with Gasteiger partial charge in [-0.25, -0.2) is 8.42 Å². The van der Waals surface area contributed by atoms with Crippen LogP contribution in [-0.2, 0) is 10.0 Å². The average molecular weight is 272 g/mol. The molecule has 94 valence electrons. The molecule has 0 atom stereocenters. The Bertz CT molecular complexity index is 493. The maximum absolute atomic E-state index is 11.9. The van der Waals surface area contributed by atoms with Gasteiger partial charge in [0.2, 0.25) is 0 Å². The van der Waals surface area contributed by atoms with Crippen molar-refractivity contribution in [2.75, 3.05) is 0 Å². The van der Waals surface area contributed by atoms with Crippen molar-refractivity contribution in [2.45, 2.75) is 31.7 Å². The Kier molecular flexibility index (Phi) is 4.47. The molecule has 0 saturated heterocycles. The average Bonchev–Trinajstić information content (AvgIpc) is 2.15. The zero-order chi connectivity index (χ0) is 13.1. The summed E-state index contributed by atoms with van der Waals surface area (Å²) in [5.41, 5.74) is 1.01. The second-order valence-corrected chi connectivity index (χ2v) is 6.14. The van der Waals surface area contributed by atoms with Crippen molar-refractivity contribution in [3.63, 3.8) is 0 Å². The highest BCUT2D eigenvalue weighted by atomic mass is 32.2. The molecule has 0 aliphatic heterocycles. The first-order chi connectivity index (χ1) is 7.81. The number of nitrogens with one attached hydrogen (secondary N) is 2. The van der Waals surface area contributed by atoms with E-state index < -0.39 is 10.0 Å². The third-order valence-corrected chi connectivity index (χ3v) is 3.69. The molecule has 0 bridgehead atoms. The van der Waals surface area contributed by atoms with E-state index in [4.69, 9.17) is 12.2 Å². The molecule has 0 radical (unpaired) electrons. The summed E-state index contributed by atoms with van der Waals surface area (Å²) in [6.45, 7) is 5.66. The predicted octanol–water partition coefficient (Wildman–Crippen LogP) is 1.56. The Morgan fingerprint density at radius 3 is 2.24 bits per heavy atom. The fourth-order valence-corrected chi connectivity index (χ4v) is 2.67. The van der Waals surface area contributed by atoms with Crippen LogP contribution in [0.5, 0.6) is 0 Å². The minimum Gasteiger partial charge on any atom is -0.360 e. The highest BCUT2D eigenvalue weighted by molar-refractivity contribution is 7.91. The van der Waals surface area contributed by atoms with E-state index >= 15 is 0 Å². The van der Waals surface area contributed by atoms with Crippen molar-refractivity contribution < 1.29 is 8.42 Å². The molecule has 0 aliphatic rings. The fourth-order valence-electron chi connectivity index (χ4n) is 1.19. The molecule has 0 spiro atoms. The highest BCUT2D eigenvalue weighted by Crippen LogP contribution is 2.09. The highest BCUT2D eigenvalue weighted by Gasteiger charge is 2.15. The van der Waals surface area contributed by atoms with Crippen LogP contribution < -0.4 is 10.0 Å². The van der Waals surface area contributed by atoms with Gasteiger partial charge >= 0.3 is 0 Å². The van der Waals surface area contributed by atoms with Gasteiger partial charge in [-0.3, -0.25) is 4.72 Å². The van der Waals surface area contributed by atoms with Crippen LogP contribution in [0.3, 0.4) is 0 Å². The van der Waals surface area contributed by atoms with Gasteiger partial charge in [0.1, 0.15) is 0 Å². The molecular formula is C11H16N2O2S2. The molecule has 0 aliphatic carbocycles. The van der Waals surface area contributed by atoms with Gasteiger partial charge in [-0.1, -0.05) is 17.7 Å². The van der Waals surface area contributed by atoms with Gasteiger partial charge in [0.15, 0.2) is 5.11 Å². The number of aryl methyl sites for hydroxylation is 1. The lowest BCUT2D eigenvalue weighted by molar-refractivity contribution is 0.591. The zero-order valence-corrected chi connectivity index (χ0v) is 11.7. The van der Waals surface area contributed by atoms with Crippen molar-refractivity contribution in [1.82, 2.24) is 10.0 Å². The summed E-state index contributed by atoms with van der Waals surface area (Å²) in [5.74, 6) is 0. The quantitative estimate of drug-likeness (QED) is 0.820. The lowest BCUT2D eigenvalue weighted by atomic mass is 10.2. The third-order valence-electron chi connectivity index (χ3n) is 1.98. The lowest BCUT2D eigenvalue weighted by Gasteiger charge is -2.13. The van der Waals surface area contributed by atoms with Crippen LogP contribution in [0.2, 0.25) is 0 Å². The van der Waals surface area contributed by atoms with Crippen molar-refractivity contribution in [3.05, 3.63) is 29.8 Å². The SMILES string of the molecule is Cc1ccc(S(=O)(=O)NC(=S)NC(C)C)cc1. The maximum atomic E-state index is 11.9. The molecule has 1 rings (SSSR count). The van der Waals surface area contributed by atoms with E-state index in [9.17, 15) is 8.42 Å². The molecule has 1 aromatic carbocycles. The Balaban J connectivity index is 2.82. The van der Waals surface area contributed by atoms with Crippen LogP contribution in [-0.4, -0.2) is 19.6 Å². The van der Waals surface area contributed by atoms with Crippen molar-refractivity contribution in [1.29, 1.82) is 0 Å². The molecule has 17 heavy (non-hydrogen) atoms. The van der Waals surface area contributed by atoms with Crippen molar-refractivity contribution in [3.8, 4) is 0 Å². The molecule has 0 saturated carbocycles. The molecule has 2 N–H and O–H groups in total. The number of rotatable bonds is 3. The molecule has 0 aromatic heterocycles. The molecule has 4 nitrogen and oxygen atoms in total. The van der Waals surface area contributed by atoms with Gasteiger partial charge in [0, 0.05) is 6.04 Å². The second kappa shape index (κ2) is 5.46. The van der Waals surface area contributed by atoms with E-state index in [-0.39, 0.29) is 16.0 Å². The Hall–Kier alpha value is -1.14. The Morgan fingerprint density at radius 2 is 1.76 bits per heavy atom. The summed E-state index contributed by atoms with van der Waals surface area (Å²) in [7, 11) is -3.58. The standard InChI is InChI=1S/C11H16N2O2S2/c1-8(2)12-11(16)13-17(14,15)10-6-4-9(3)5-7-10/h4-8H,1-3H3,(H2,12,13,16). The summed E-state index contributed by atoms with van der Waals surface area (Å²) in [6, 6.07) is 6.68. The smallest absolute Gasteiger partial charge is 0.263 e. The van der Waals surface area contributed by atoms with Crippen molar-refractivity contribution in [2.24, 2.45) is 0 Å². The topological polar surface area (TPSA) is 58.2 Å². The summed E-state index contributed by atoms with van der Waals surface area (Å²) in [6.07, 6.45) is 0. The molecule has 0 fully saturated rings.